The molecule has 2 aromatic rings. The Morgan fingerprint density at radius 3 is 2.78 bits per heavy atom. The van der Waals surface area contributed by atoms with Crippen molar-refractivity contribution in [2.75, 3.05) is 6.54 Å². The van der Waals surface area contributed by atoms with Crippen molar-refractivity contribution in [2.45, 2.75) is 30.7 Å². The molecule has 3 rings (SSSR count). The Balaban J connectivity index is 2.04. The van der Waals surface area contributed by atoms with Gasteiger partial charge in [0, 0.05) is 30.6 Å². The van der Waals surface area contributed by atoms with E-state index in [1.54, 1.807) is 13.1 Å². The van der Waals surface area contributed by atoms with Gasteiger partial charge in [0.05, 0.1) is 15.9 Å². The molecule has 0 saturated carbocycles. The number of H-pyrrole nitrogens is 1. The molecule has 0 amide bonds. The van der Waals surface area contributed by atoms with Gasteiger partial charge in [-0.15, -0.1) is 0 Å². The van der Waals surface area contributed by atoms with Crippen molar-refractivity contribution in [3.8, 4) is 0 Å². The molecule has 1 fully saturated rings. The third-order valence-electron chi connectivity index (χ3n) is 4.15. The lowest BCUT2D eigenvalue weighted by molar-refractivity contribution is -0.385. The standard InChI is InChI=1S/C15H17N3O4S/c1-11-6-7-12(18(19)20)10-15(11)23(21,22)17-9-3-5-14(17)13-4-2-8-16-13/h2,4,6-8,10,14,16H,3,5,9H2,1H3. The number of rotatable bonds is 4. The number of nitro groups is 1. The lowest BCUT2D eigenvalue weighted by Gasteiger charge is -2.24. The van der Waals surface area contributed by atoms with Crippen LogP contribution in [0.3, 0.4) is 0 Å². The number of benzene rings is 1. The first-order valence-electron chi connectivity index (χ1n) is 7.31. The van der Waals surface area contributed by atoms with Crippen LogP contribution in [0.2, 0.25) is 0 Å². The number of sulfonamides is 1. The lowest BCUT2D eigenvalue weighted by Crippen LogP contribution is -2.31. The fourth-order valence-electron chi connectivity index (χ4n) is 3.00. The van der Waals surface area contributed by atoms with Gasteiger partial charge in [0.15, 0.2) is 0 Å². The summed E-state index contributed by atoms with van der Waals surface area (Å²) in [5, 5.41) is 11.0. The van der Waals surface area contributed by atoms with E-state index in [9.17, 15) is 18.5 Å². The first kappa shape index (κ1) is 15.7. The van der Waals surface area contributed by atoms with Gasteiger partial charge in [-0.25, -0.2) is 8.42 Å². The van der Waals surface area contributed by atoms with Crippen LogP contribution in [0.5, 0.6) is 0 Å². The van der Waals surface area contributed by atoms with Crippen LogP contribution in [0, 0.1) is 17.0 Å². The second kappa shape index (κ2) is 5.78. The van der Waals surface area contributed by atoms with Crippen molar-refractivity contribution < 1.29 is 13.3 Å². The molecule has 0 aliphatic carbocycles. The number of nitro benzene ring substituents is 1. The van der Waals surface area contributed by atoms with E-state index in [0.29, 0.717) is 12.1 Å². The van der Waals surface area contributed by atoms with Crippen LogP contribution >= 0.6 is 0 Å². The van der Waals surface area contributed by atoms with Gasteiger partial charge < -0.3 is 4.98 Å². The van der Waals surface area contributed by atoms with Gasteiger partial charge in [0.25, 0.3) is 5.69 Å². The van der Waals surface area contributed by atoms with Crippen LogP contribution in [0.15, 0.2) is 41.4 Å². The lowest BCUT2D eigenvalue weighted by atomic mass is 10.2. The molecule has 0 spiro atoms. The molecule has 0 bridgehead atoms. The summed E-state index contributed by atoms with van der Waals surface area (Å²) in [4.78, 5) is 13.4. The highest BCUT2D eigenvalue weighted by molar-refractivity contribution is 7.89. The molecule has 0 radical (unpaired) electrons. The van der Waals surface area contributed by atoms with Gasteiger partial charge in [0.1, 0.15) is 0 Å². The Morgan fingerprint density at radius 1 is 1.35 bits per heavy atom. The molecule has 1 aromatic carbocycles. The summed E-state index contributed by atoms with van der Waals surface area (Å²) in [5.74, 6) is 0. The summed E-state index contributed by atoms with van der Waals surface area (Å²) in [6, 6.07) is 7.38. The molecule has 122 valence electrons. The third-order valence-corrected chi connectivity index (χ3v) is 6.20. The monoisotopic (exact) mass is 335 g/mol. The van der Waals surface area contributed by atoms with E-state index >= 15 is 0 Å². The van der Waals surface area contributed by atoms with E-state index in [2.05, 4.69) is 4.98 Å². The number of hydrogen-bond acceptors (Lipinski definition) is 4. The summed E-state index contributed by atoms with van der Waals surface area (Å²) < 4.78 is 27.5. The van der Waals surface area contributed by atoms with Gasteiger partial charge in [-0.05, 0) is 37.5 Å². The van der Waals surface area contributed by atoms with E-state index in [1.807, 2.05) is 12.1 Å². The van der Waals surface area contributed by atoms with E-state index < -0.39 is 14.9 Å². The molecular weight excluding hydrogens is 318 g/mol. The van der Waals surface area contributed by atoms with Crippen molar-refractivity contribution >= 4 is 15.7 Å². The van der Waals surface area contributed by atoms with Crippen molar-refractivity contribution in [3.63, 3.8) is 0 Å². The minimum atomic E-state index is -3.79. The maximum absolute atomic E-state index is 13.0. The number of non-ortho nitro benzene ring substituents is 1. The topological polar surface area (TPSA) is 96.3 Å². The van der Waals surface area contributed by atoms with Crippen LogP contribution in [0.25, 0.3) is 0 Å². The number of nitrogens with zero attached hydrogens (tertiary/aromatic N) is 2. The van der Waals surface area contributed by atoms with Crippen molar-refractivity contribution in [1.82, 2.24) is 9.29 Å². The SMILES string of the molecule is Cc1ccc([N+](=O)[O-])cc1S(=O)(=O)N1CCCC1c1ccc[nH]1. The second-order valence-electron chi connectivity index (χ2n) is 5.61. The molecular formula is C15H17N3O4S. The summed E-state index contributed by atoms with van der Waals surface area (Å²) in [6.45, 7) is 2.06. The normalized spacial score (nSPS) is 19.1. The minimum absolute atomic E-state index is 0.00477. The summed E-state index contributed by atoms with van der Waals surface area (Å²) >= 11 is 0. The fourth-order valence-corrected chi connectivity index (χ4v) is 4.92. The molecule has 1 N–H and O–H groups in total. The molecule has 1 aliphatic heterocycles. The van der Waals surface area contributed by atoms with E-state index in [0.717, 1.165) is 24.6 Å². The summed E-state index contributed by atoms with van der Waals surface area (Å²) in [5.41, 5.74) is 1.13. The van der Waals surface area contributed by atoms with Crippen LogP contribution < -0.4 is 0 Å². The zero-order valence-electron chi connectivity index (χ0n) is 12.6. The first-order chi connectivity index (χ1) is 10.9. The molecule has 1 atom stereocenters. The zero-order chi connectivity index (χ0) is 16.6. The number of aromatic nitrogens is 1. The Kier molecular flexibility index (Phi) is 3.95. The van der Waals surface area contributed by atoms with E-state index in [-0.39, 0.29) is 16.6 Å². The maximum atomic E-state index is 13.0. The van der Waals surface area contributed by atoms with Crippen molar-refractivity contribution in [2.24, 2.45) is 0 Å². The van der Waals surface area contributed by atoms with Gasteiger partial charge in [-0.3, -0.25) is 10.1 Å². The quantitative estimate of drug-likeness (QED) is 0.686. The highest BCUT2D eigenvalue weighted by Crippen LogP contribution is 2.37. The van der Waals surface area contributed by atoms with Crippen LogP contribution in [-0.2, 0) is 10.0 Å². The van der Waals surface area contributed by atoms with E-state index in [4.69, 9.17) is 0 Å². The average molecular weight is 335 g/mol. The van der Waals surface area contributed by atoms with Crippen LogP contribution in [0.1, 0.15) is 30.1 Å². The Morgan fingerprint density at radius 2 is 2.13 bits per heavy atom. The van der Waals surface area contributed by atoms with Crippen molar-refractivity contribution in [1.29, 1.82) is 0 Å². The molecule has 2 heterocycles. The number of aromatic amines is 1. The fraction of sp³-hybridized carbons (Fsp3) is 0.333. The van der Waals surface area contributed by atoms with Crippen LogP contribution in [0.4, 0.5) is 5.69 Å². The summed E-state index contributed by atoms with van der Waals surface area (Å²) in [7, 11) is -3.79. The Hall–Kier alpha value is -2.19. The first-order valence-corrected chi connectivity index (χ1v) is 8.75. The van der Waals surface area contributed by atoms with Gasteiger partial charge >= 0.3 is 0 Å². The van der Waals surface area contributed by atoms with Crippen LogP contribution in [-0.4, -0.2) is 29.2 Å². The number of hydrogen-bond donors (Lipinski definition) is 1. The zero-order valence-corrected chi connectivity index (χ0v) is 13.4. The summed E-state index contributed by atoms with van der Waals surface area (Å²) in [6.07, 6.45) is 3.25. The van der Waals surface area contributed by atoms with Crippen molar-refractivity contribution in [3.05, 3.63) is 57.9 Å². The molecule has 8 heteroatoms. The Bertz CT molecular complexity index is 830. The molecule has 1 unspecified atom stereocenters. The number of aryl methyl sites for hydroxylation is 1. The maximum Gasteiger partial charge on any atom is 0.270 e. The highest BCUT2D eigenvalue weighted by atomic mass is 32.2. The second-order valence-corrected chi connectivity index (χ2v) is 7.47. The predicted molar refractivity (Wildman–Crippen MR) is 84.5 cm³/mol. The molecule has 23 heavy (non-hydrogen) atoms. The van der Waals surface area contributed by atoms with E-state index in [1.165, 1.54) is 16.4 Å². The number of nitrogens with one attached hydrogen (secondary N) is 1. The minimum Gasteiger partial charge on any atom is -0.364 e. The van der Waals surface area contributed by atoms with Gasteiger partial charge in [0.2, 0.25) is 10.0 Å². The average Bonchev–Trinajstić information content (AvgIpc) is 3.18. The molecule has 1 aliphatic rings. The highest BCUT2D eigenvalue weighted by Gasteiger charge is 2.37. The smallest absolute Gasteiger partial charge is 0.270 e. The van der Waals surface area contributed by atoms with Gasteiger partial charge in [-0.2, -0.15) is 4.31 Å². The van der Waals surface area contributed by atoms with Gasteiger partial charge in [-0.1, -0.05) is 6.07 Å². The molecule has 1 saturated heterocycles. The largest absolute Gasteiger partial charge is 0.364 e. The predicted octanol–water partition coefficient (Wildman–Crippen LogP) is 2.76. The Labute approximate surface area is 134 Å². The molecule has 7 nitrogen and oxygen atoms in total. The third kappa shape index (κ3) is 2.75. The molecule has 1 aromatic heterocycles.